The molecular formula is C34H42BF7N2O2. The van der Waals surface area contributed by atoms with Crippen molar-refractivity contribution in [3.05, 3.63) is 59.2 Å². The van der Waals surface area contributed by atoms with E-state index in [-0.39, 0.29) is 19.0 Å². The highest BCUT2D eigenvalue weighted by atomic mass is 19.4. The third kappa shape index (κ3) is 7.52. The van der Waals surface area contributed by atoms with Gasteiger partial charge in [-0.1, -0.05) is 50.6 Å². The zero-order chi connectivity index (χ0) is 33.7. The summed E-state index contributed by atoms with van der Waals surface area (Å²) < 4.78 is 100. The summed E-state index contributed by atoms with van der Waals surface area (Å²) in [5.74, 6) is -0.833. The highest BCUT2D eigenvalue weighted by Gasteiger charge is 2.57. The monoisotopic (exact) mass is 654 g/mol. The smallest absolute Gasteiger partial charge is 0.406 e. The molecule has 4 nitrogen and oxygen atoms in total. The van der Waals surface area contributed by atoms with E-state index >= 15 is 4.39 Å². The molecule has 5 rings (SSSR count). The minimum Gasteiger partial charge on any atom is -0.406 e. The number of carbonyl (C=O) groups is 1. The van der Waals surface area contributed by atoms with Crippen LogP contribution in [0.5, 0.6) is 5.75 Å². The maximum Gasteiger partial charge on any atom is 0.573 e. The van der Waals surface area contributed by atoms with E-state index in [4.69, 9.17) is 0 Å². The van der Waals surface area contributed by atoms with Gasteiger partial charge in [0.05, 0.1) is 5.56 Å². The van der Waals surface area contributed by atoms with Gasteiger partial charge in [-0.25, -0.2) is 4.39 Å². The van der Waals surface area contributed by atoms with Crippen LogP contribution in [-0.2, 0) is 11.0 Å². The second-order valence-corrected chi connectivity index (χ2v) is 14.4. The van der Waals surface area contributed by atoms with Crippen molar-refractivity contribution in [2.24, 2.45) is 5.92 Å². The summed E-state index contributed by atoms with van der Waals surface area (Å²) in [5, 5.41) is 0. The topological polar surface area (TPSA) is 32.8 Å². The molecule has 0 aromatic heterocycles. The normalized spacial score (nSPS) is 24.5. The third-order valence-electron chi connectivity index (χ3n) is 10.3. The fourth-order valence-corrected chi connectivity index (χ4v) is 7.44. The number of benzene rings is 2. The molecule has 0 bridgehead atoms. The van der Waals surface area contributed by atoms with Gasteiger partial charge in [-0.2, -0.15) is 13.2 Å². The lowest BCUT2D eigenvalue weighted by Crippen LogP contribution is -2.51. The number of halogens is 7. The van der Waals surface area contributed by atoms with E-state index in [0.29, 0.717) is 55.7 Å². The molecule has 3 saturated heterocycles. The quantitative estimate of drug-likeness (QED) is 0.230. The highest BCUT2D eigenvalue weighted by Crippen LogP contribution is 2.47. The number of anilines is 1. The molecular weight excluding hydrogens is 612 g/mol. The fourth-order valence-electron chi connectivity index (χ4n) is 7.44. The maximum absolute atomic E-state index is 17.2. The molecule has 0 spiro atoms. The second kappa shape index (κ2) is 12.7. The summed E-state index contributed by atoms with van der Waals surface area (Å²) in [6.45, 7) is 8.83. The van der Waals surface area contributed by atoms with E-state index in [1.54, 1.807) is 6.07 Å². The lowest BCUT2D eigenvalue weighted by molar-refractivity contribution is -0.274. The number of alkyl halides is 7. The summed E-state index contributed by atoms with van der Waals surface area (Å²) >= 11 is 0. The number of ether oxygens (including phenoxy) is 1. The molecule has 12 heteroatoms. The van der Waals surface area contributed by atoms with Crippen molar-refractivity contribution in [3.8, 4) is 5.75 Å². The first-order valence-electron chi connectivity index (χ1n) is 16.2. The van der Waals surface area contributed by atoms with Crippen LogP contribution in [0.2, 0.25) is 12.6 Å². The Morgan fingerprint density at radius 3 is 2.07 bits per heavy atom. The van der Waals surface area contributed by atoms with Gasteiger partial charge in [0.1, 0.15) is 11.4 Å². The lowest BCUT2D eigenvalue weighted by atomic mass is 9.35. The van der Waals surface area contributed by atoms with Gasteiger partial charge >= 0.3 is 12.5 Å². The first kappa shape index (κ1) is 34.6. The molecule has 2 atom stereocenters. The molecule has 252 valence electrons. The summed E-state index contributed by atoms with van der Waals surface area (Å²) in [7, 11) is 0. The average Bonchev–Trinajstić information content (AvgIpc) is 3.35. The minimum absolute atomic E-state index is 0.0529. The first-order valence-corrected chi connectivity index (χ1v) is 16.2. The zero-order valence-corrected chi connectivity index (χ0v) is 26.8. The Morgan fingerprint density at radius 1 is 0.913 bits per heavy atom. The molecule has 0 N–H and O–H groups in total. The second-order valence-electron chi connectivity index (χ2n) is 14.4. The Balaban J connectivity index is 1.35. The predicted octanol–water partition coefficient (Wildman–Crippen LogP) is 8.93. The molecule has 3 fully saturated rings. The third-order valence-corrected chi connectivity index (χ3v) is 10.3. The summed E-state index contributed by atoms with van der Waals surface area (Å²) in [6, 6.07) is 9.04. The average molecular weight is 655 g/mol. The van der Waals surface area contributed by atoms with Crippen molar-refractivity contribution in [2.45, 2.75) is 102 Å². The van der Waals surface area contributed by atoms with Gasteiger partial charge in [-0.15, -0.1) is 13.2 Å². The lowest BCUT2D eigenvalue weighted by Gasteiger charge is -2.37. The Bertz CT molecular complexity index is 1380. The molecule has 2 aromatic rings. The Kier molecular flexibility index (Phi) is 9.54. The van der Waals surface area contributed by atoms with Crippen LogP contribution in [0.4, 0.5) is 36.4 Å². The van der Waals surface area contributed by atoms with Crippen LogP contribution in [0.25, 0.3) is 0 Å². The number of hydrogen-bond donors (Lipinski definition) is 0. The minimum atomic E-state index is -4.86. The van der Waals surface area contributed by atoms with Crippen LogP contribution < -0.4 is 9.64 Å². The maximum atomic E-state index is 17.2. The van der Waals surface area contributed by atoms with Crippen LogP contribution in [0.15, 0.2) is 42.5 Å². The number of rotatable bonds is 6. The van der Waals surface area contributed by atoms with Crippen LogP contribution in [0.1, 0.15) is 81.9 Å². The standard InChI is InChI=1S/C34H42BF7N2O2/c1-22-13-17-43(18-14-22)29-19-25(33(37,38)39)7-10-27(29)23-11-15-35(16-12-23)30(45)32(36)21-44(31(2,3)4)20-28(32)24-5-8-26(9-6-24)46-34(40,41)42/h5-10,19,22-23,28H,11-18,20-21H2,1-4H3/t28-,32-/m0/s1. The molecule has 0 saturated carbocycles. The van der Waals surface area contributed by atoms with E-state index in [1.807, 2.05) is 30.6 Å². The van der Waals surface area contributed by atoms with E-state index in [1.165, 1.54) is 18.2 Å². The van der Waals surface area contributed by atoms with Gasteiger partial charge in [0, 0.05) is 43.3 Å². The number of carbonyl (C=O) groups excluding carboxylic acids is 1. The molecule has 3 heterocycles. The fraction of sp³-hybridized carbons (Fsp3) is 0.618. The molecule has 3 aliphatic heterocycles. The Hall–Kier alpha value is -2.76. The summed E-state index contributed by atoms with van der Waals surface area (Å²) in [5.41, 5.74) is -2.00. The zero-order valence-electron chi connectivity index (χ0n) is 26.8. The van der Waals surface area contributed by atoms with E-state index < -0.39 is 53.4 Å². The SMILES string of the molecule is CC1CCN(c2cc(C(F)(F)F)ccc2C2CCB(C(=O)[C@]3(F)CN(C(C)(C)C)C[C@H]3c3ccc(OC(F)(F)F)cc3)CC2)CC1. The molecule has 3 aliphatic rings. The molecule has 0 unspecified atom stereocenters. The van der Waals surface area contributed by atoms with Gasteiger partial charge in [-0.3, -0.25) is 4.90 Å². The van der Waals surface area contributed by atoms with Crippen LogP contribution in [0.3, 0.4) is 0 Å². The van der Waals surface area contributed by atoms with Crippen LogP contribution in [0, 0.1) is 5.92 Å². The van der Waals surface area contributed by atoms with Gasteiger partial charge in [0.15, 0.2) is 5.67 Å². The summed E-state index contributed by atoms with van der Waals surface area (Å²) in [6.07, 6.45) is -5.59. The predicted molar refractivity (Wildman–Crippen MR) is 165 cm³/mol. The molecule has 0 radical (unpaired) electrons. The number of hydrogen-bond acceptors (Lipinski definition) is 4. The van der Waals surface area contributed by atoms with Crippen molar-refractivity contribution in [1.29, 1.82) is 0 Å². The first-order chi connectivity index (χ1) is 21.3. The number of likely N-dealkylation sites (tertiary alicyclic amines) is 1. The van der Waals surface area contributed by atoms with Crippen LogP contribution >= 0.6 is 0 Å². The van der Waals surface area contributed by atoms with Gasteiger partial charge in [-0.05, 0) is 80.8 Å². The van der Waals surface area contributed by atoms with E-state index in [0.717, 1.165) is 36.6 Å². The van der Waals surface area contributed by atoms with Crippen LogP contribution in [-0.4, -0.2) is 61.0 Å². The molecule has 0 amide bonds. The number of nitrogens with zero attached hydrogens (tertiary/aromatic N) is 2. The largest absolute Gasteiger partial charge is 0.573 e. The van der Waals surface area contributed by atoms with Crippen molar-refractivity contribution in [3.63, 3.8) is 0 Å². The van der Waals surface area contributed by atoms with Crippen molar-refractivity contribution in [2.75, 3.05) is 31.1 Å². The van der Waals surface area contributed by atoms with Crippen molar-refractivity contribution in [1.82, 2.24) is 4.90 Å². The van der Waals surface area contributed by atoms with Crippen molar-refractivity contribution >= 4 is 18.1 Å². The molecule has 2 aromatic carbocycles. The van der Waals surface area contributed by atoms with Gasteiger partial charge in [0.2, 0.25) is 6.71 Å². The highest BCUT2D eigenvalue weighted by molar-refractivity contribution is 6.91. The summed E-state index contributed by atoms with van der Waals surface area (Å²) in [4.78, 5) is 18.0. The molecule has 0 aliphatic carbocycles. The number of piperidine rings is 1. The van der Waals surface area contributed by atoms with Crippen molar-refractivity contribution < 1.29 is 40.3 Å². The van der Waals surface area contributed by atoms with E-state index in [9.17, 15) is 31.1 Å². The Labute approximate surface area is 266 Å². The molecule has 46 heavy (non-hydrogen) atoms. The Morgan fingerprint density at radius 2 is 1.52 bits per heavy atom. The van der Waals surface area contributed by atoms with Gasteiger partial charge in [0.25, 0.3) is 0 Å². The van der Waals surface area contributed by atoms with Gasteiger partial charge < -0.3 is 14.4 Å². The van der Waals surface area contributed by atoms with E-state index in [2.05, 4.69) is 11.7 Å².